The van der Waals surface area contributed by atoms with Crippen molar-refractivity contribution in [2.24, 2.45) is 11.8 Å². The Labute approximate surface area is 286 Å². The number of carbonyl (C=O) groups is 4. The van der Waals surface area contributed by atoms with Gasteiger partial charge in [-0.3, -0.25) is 19.2 Å². The maximum atomic E-state index is 14.6. The van der Waals surface area contributed by atoms with Crippen LogP contribution in [-0.2, 0) is 28.7 Å². The second-order valence-corrected chi connectivity index (χ2v) is 13.1. The number of halogens is 1. The van der Waals surface area contributed by atoms with Crippen LogP contribution in [0.25, 0.3) is 0 Å². The summed E-state index contributed by atoms with van der Waals surface area (Å²) in [6.45, 7) is 9.40. The zero-order valence-electron chi connectivity index (χ0n) is 27.5. The number of likely N-dealkylation sites (tertiary alicyclic amines) is 1. The highest BCUT2D eigenvalue weighted by molar-refractivity contribution is 6.34. The predicted molar refractivity (Wildman–Crippen MR) is 182 cm³/mol. The van der Waals surface area contributed by atoms with Crippen molar-refractivity contribution < 1.29 is 33.8 Å². The Morgan fingerprint density at radius 3 is 2.52 bits per heavy atom. The fraction of sp³-hybridized carbons (Fsp3) is 0.459. The standard InChI is InChI=1S/C37H44ClN3O7/c1-5-7-18-29(43)39(4)24(3)32(25-14-9-8-10-15-25)47-36(46)30-28-19-20-37(48-28)31(30)34(44)41(22-13-23-42)33(37)35(45)40(21-6-2)27-17-12-11-16-26(27)38/h5-6,8-12,14-17,24,28,30-33,42H,1-2,7,13,18-23H2,3-4H3/t24-,28+,30-,31-,32+,33+,37-/m1/s1. The van der Waals surface area contributed by atoms with Gasteiger partial charge in [0, 0.05) is 33.2 Å². The lowest BCUT2D eigenvalue weighted by molar-refractivity contribution is -0.164. The Morgan fingerprint density at radius 2 is 1.85 bits per heavy atom. The van der Waals surface area contributed by atoms with Crippen molar-refractivity contribution in [1.82, 2.24) is 9.80 Å². The van der Waals surface area contributed by atoms with Crippen LogP contribution in [0.3, 0.4) is 0 Å². The van der Waals surface area contributed by atoms with Crippen LogP contribution >= 0.6 is 11.6 Å². The van der Waals surface area contributed by atoms with Gasteiger partial charge in [-0.15, -0.1) is 13.2 Å². The molecule has 0 aromatic heterocycles. The predicted octanol–water partition coefficient (Wildman–Crippen LogP) is 4.71. The van der Waals surface area contributed by atoms with E-state index in [1.54, 1.807) is 48.4 Å². The minimum absolute atomic E-state index is 0.103. The molecule has 256 valence electrons. The number of rotatable bonds is 15. The molecule has 3 heterocycles. The third-order valence-electron chi connectivity index (χ3n) is 9.96. The summed E-state index contributed by atoms with van der Waals surface area (Å²) < 4.78 is 12.9. The SMILES string of the molecule is C=CCCC(=O)N(C)[C@H](C)[C@H](OC(=O)[C@@H]1[C@@H]2CC[C@]3(O2)[C@H](C(=O)N(CC=C)c2ccccc2Cl)N(CCCO)C(=O)[C@@H]13)c1ccccc1. The molecular formula is C37H44ClN3O7. The number of aliphatic hydroxyl groups is 1. The van der Waals surface area contributed by atoms with Gasteiger partial charge in [0.2, 0.25) is 11.8 Å². The van der Waals surface area contributed by atoms with E-state index in [-0.39, 0.29) is 44.4 Å². The zero-order chi connectivity index (χ0) is 34.6. The lowest BCUT2D eigenvalue weighted by Crippen LogP contribution is -2.56. The highest BCUT2D eigenvalue weighted by Gasteiger charge is 2.75. The number of fused-ring (bicyclic) bond motifs is 1. The van der Waals surface area contributed by atoms with Crippen LogP contribution in [0.1, 0.15) is 50.7 Å². The van der Waals surface area contributed by atoms with Gasteiger partial charge in [-0.25, -0.2) is 0 Å². The highest BCUT2D eigenvalue weighted by atomic mass is 35.5. The van der Waals surface area contributed by atoms with Crippen molar-refractivity contribution >= 4 is 41.0 Å². The number of benzene rings is 2. The summed E-state index contributed by atoms with van der Waals surface area (Å²) in [5.41, 5.74) is -0.103. The minimum atomic E-state index is -1.27. The summed E-state index contributed by atoms with van der Waals surface area (Å²) in [6, 6.07) is 14.6. The molecule has 48 heavy (non-hydrogen) atoms. The third kappa shape index (κ3) is 6.41. The van der Waals surface area contributed by atoms with Crippen molar-refractivity contribution in [3.63, 3.8) is 0 Å². The lowest BCUT2D eigenvalue weighted by atomic mass is 9.70. The van der Waals surface area contributed by atoms with E-state index in [0.717, 1.165) is 0 Å². The molecule has 3 amide bonds. The number of nitrogens with zero attached hydrogens (tertiary/aromatic N) is 3. The number of anilines is 1. The van der Waals surface area contributed by atoms with E-state index >= 15 is 0 Å². The molecule has 2 aromatic carbocycles. The number of hydrogen-bond donors (Lipinski definition) is 1. The molecule has 7 atom stereocenters. The van der Waals surface area contributed by atoms with Gasteiger partial charge in [-0.05, 0) is 50.3 Å². The number of carbonyl (C=O) groups excluding carboxylic acids is 4. The number of allylic oxidation sites excluding steroid dienone is 1. The van der Waals surface area contributed by atoms with Crippen LogP contribution in [0.5, 0.6) is 0 Å². The monoisotopic (exact) mass is 677 g/mol. The molecule has 0 saturated carbocycles. The third-order valence-corrected chi connectivity index (χ3v) is 10.3. The molecule has 10 nitrogen and oxygen atoms in total. The van der Waals surface area contributed by atoms with Gasteiger partial charge in [0.15, 0.2) is 0 Å². The average Bonchev–Trinajstić information content (AvgIpc) is 3.74. The van der Waals surface area contributed by atoms with Crippen molar-refractivity contribution in [2.45, 2.75) is 68.9 Å². The number of hydrogen-bond acceptors (Lipinski definition) is 7. The van der Waals surface area contributed by atoms with Crippen molar-refractivity contribution in [3.8, 4) is 0 Å². The first-order valence-corrected chi connectivity index (χ1v) is 16.9. The quantitative estimate of drug-likeness (QED) is 0.214. The average molecular weight is 678 g/mol. The molecule has 0 unspecified atom stereocenters. The van der Waals surface area contributed by atoms with Crippen LogP contribution in [-0.4, -0.2) is 89.1 Å². The summed E-state index contributed by atoms with van der Waals surface area (Å²) in [5, 5.41) is 10.1. The normalized spacial score (nSPS) is 25.2. The van der Waals surface area contributed by atoms with Crippen LogP contribution in [0, 0.1) is 11.8 Å². The zero-order valence-corrected chi connectivity index (χ0v) is 28.3. The van der Waals surface area contributed by atoms with Gasteiger partial charge in [0.1, 0.15) is 17.7 Å². The molecule has 1 spiro atoms. The fourth-order valence-electron chi connectivity index (χ4n) is 7.56. The van der Waals surface area contributed by atoms with E-state index in [1.807, 2.05) is 37.3 Å². The first-order valence-electron chi connectivity index (χ1n) is 16.5. The van der Waals surface area contributed by atoms with E-state index in [4.69, 9.17) is 21.1 Å². The molecular weight excluding hydrogens is 634 g/mol. The highest BCUT2D eigenvalue weighted by Crippen LogP contribution is 2.59. The molecule has 1 N–H and O–H groups in total. The molecule has 0 aliphatic carbocycles. The number of likely N-dealkylation sites (N-methyl/N-ethyl adjacent to an activating group) is 1. The molecule has 11 heteroatoms. The summed E-state index contributed by atoms with van der Waals surface area (Å²) in [7, 11) is 1.68. The topological polar surface area (TPSA) is 117 Å². The number of aliphatic hydroxyl groups excluding tert-OH is 1. The van der Waals surface area contributed by atoms with E-state index < -0.39 is 53.6 Å². The van der Waals surface area contributed by atoms with E-state index in [2.05, 4.69) is 13.2 Å². The van der Waals surface area contributed by atoms with Gasteiger partial charge in [-0.1, -0.05) is 66.2 Å². The molecule has 2 bridgehead atoms. The Kier molecular flexibility index (Phi) is 11.1. The van der Waals surface area contributed by atoms with Gasteiger partial charge in [0.25, 0.3) is 5.91 Å². The minimum Gasteiger partial charge on any atom is -0.455 e. The number of para-hydroxylation sites is 1. The van der Waals surface area contributed by atoms with Gasteiger partial charge in [0.05, 0.1) is 34.7 Å². The van der Waals surface area contributed by atoms with Gasteiger partial charge >= 0.3 is 5.97 Å². The molecule has 0 radical (unpaired) electrons. The Morgan fingerprint density at radius 1 is 1.15 bits per heavy atom. The molecule has 3 saturated heterocycles. The largest absolute Gasteiger partial charge is 0.455 e. The Hall–Kier alpha value is -3.99. The van der Waals surface area contributed by atoms with Crippen molar-refractivity contribution in [2.75, 3.05) is 31.6 Å². The summed E-state index contributed by atoms with van der Waals surface area (Å²) in [4.78, 5) is 60.8. The number of amides is 3. The summed E-state index contributed by atoms with van der Waals surface area (Å²) >= 11 is 6.53. The van der Waals surface area contributed by atoms with Crippen molar-refractivity contribution in [3.05, 3.63) is 90.5 Å². The van der Waals surface area contributed by atoms with Crippen molar-refractivity contribution in [1.29, 1.82) is 0 Å². The second-order valence-electron chi connectivity index (χ2n) is 12.7. The summed E-state index contributed by atoms with van der Waals surface area (Å²) in [6.07, 6.45) is 3.70. The second kappa shape index (κ2) is 15.1. The van der Waals surface area contributed by atoms with Crippen LogP contribution in [0.4, 0.5) is 5.69 Å². The Balaban J connectivity index is 1.48. The fourth-order valence-corrected chi connectivity index (χ4v) is 7.80. The maximum absolute atomic E-state index is 14.6. The first-order chi connectivity index (χ1) is 23.1. The van der Waals surface area contributed by atoms with E-state index in [0.29, 0.717) is 35.5 Å². The van der Waals surface area contributed by atoms with E-state index in [1.165, 1.54) is 9.80 Å². The van der Waals surface area contributed by atoms with E-state index in [9.17, 15) is 24.3 Å². The van der Waals surface area contributed by atoms with Crippen LogP contribution in [0.15, 0.2) is 79.9 Å². The van der Waals surface area contributed by atoms with Gasteiger partial charge in [-0.2, -0.15) is 0 Å². The van der Waals surface area contributed by atoms with Crippen LogP contribution < -0.4 is 4.90 Å². The van der Waals surface area contributed by atoms with Crippen LogP contribution in [0.2, 0.25) is 5.02 Å². The molecule has 3 aliphatic heterocycles. The number of ether oxygens (including phenoxy) is 2. The molecule has 2 aromatic rings. The maximum Gasteiger partial charge on any atom is 0.313 e. The van der Waals surface area contributed by atoms with Gasteiger partial charge < -0.3 is 29.3 Å². The number of esters is 1. The summed E-state index contributed by atoms with van der Waals surface area (Å²) in [5.74, 6) is -3.44. The molecule has 3 fully saturated rings. The first kappa shape index (κ1) is 35.3. The Bertz CT molecular complexity index is 1540. The molecule has 5 rings (SSSR count). The smallest absolute Gasteiger partial charge is 0.313 e. The lowest BCUT2D eigenvalue weighted by Gasteiger charge is -2.37. The molecule has 3 aliphatic rings.